The molecule has 0 bridgehead atoms. The van der Waals surface area contributed by atoms with Crippen LogP contribution in [0, 0.1) is 13.8 Å². The van der Waals surface area contributed by atoms with E-state index in [9.17, 15) is 9.59 Å². The Morgan fingerprint density at radius 1 is 1.10 bits per heavy atom. The van der Waals surface area contributed by atoms with Crippen molar-refractivity contribution >= 4 is 23.5 Å². The first kappa shape index (κ1) is 21.4. The third kappa shape index (κ3) is 5.18. The topological polar surface area (TPSA) is 64.4 Å². The van der Waals surface area contributed by atoms with Crippen LogP contribution in [0.15, 0.2) is 24.3 Å². The van der Waals surface area contributed by atoms with Gasteiger partial charge in [0.25, 0.3) is 5.91 Å². The van der Waals surface area contributed by atoms with Crippen molar-refractivity contribution in [3.05, 3.63) is 51.8 Å². The fraction of sp³-hybridized carbons (Fsp3) is 0.500. The Kier molecular flexibility index (Phi) is 6.96. The highest BCUT2D eigenvalue weighted by atomic mass is 35.5. The molecule has 29 heavy (non-hydrogen) atoms. The highest BCUT2D eigenvalue weighted by Gasteiger charge is 2.28. The van der Waals surface area contributed by atoms with Gasteiger partial charge in [0.2, 0.25) is 0 Å². The molecule has 1 atom stereocenters. The molecule has 3 rings (SSSR count). The van der Waals surface area contributed by atoms with Crippen molar-refractivity contribution in [2.24, 2.45) is 0 Å². The van der Waals surface area contributed by atoms with E-state index in [1.54, 1.807) is 23.4 Å². The molecule has 1 aliphatic heterocycles. The summed E-state index contributed by atoms with van der Waals surface area (Å²) in [4.78, 5) is 27.2. The Bertz CT molecular complexity index is 868. The summed E-state index contributed by atoms with van der Waals surface area (Å²) in [7, 11) is 0. The number of likely N-dealkylation sites (tertiary alicyclic amines) is 1. The number of rotatable bonds is 5. The summed E-state index contributed by atoms with van der Waals surface area (Å²) in [6.07, 6.45) is 3.39. The lowest BCUT2D eigenvalue weighted by atomic mass is 10.1. The van der Waals surface area contributed by atoms with Crippen LogP contribution in [0.1, 0.15) is 59.8 Å². The lowest BCUT2D eigenvalue weighted by molar-refractivity contribution is -0.139. The molecule has 7 heteroatoms. The van der Waals surface area contributed by atoms with E-state index in [1.165, 1.54) is 5.56 Å². The molecule has 2 aromatic rings. The molecular formula is C22H28ClN3O3. The second-order valence-electron chi connectivity index (χ2n) is 7.68. The van der Waals surface area contributed by atoms with Gasteiger partial charge in [0.1, 0.15) is 10.7 Å². The molecule has 156 valence electrons. The molecule has 0 N–H and O–H groups in total. The molecule has 1 fully saturated rings. The van der Waals surface area contributed by atoms with Gasteiger partial charge in [0, 0.05) is 13.1 Å². The van der Waals surface area contributed by atoms with Crippen LogP contribution in [-0.4, -0.2) is 45.8 Å². The number of halogens is 1. The maximum Gasteiger partial charge on any atom is 0.343 e. The van der Waals surface area contributed by atoms with Crippen molar-refractivity contribution in [3.63, 3.8) is 0 Å². The van der Waals surface area contributed by atoms with E-state index in [0.717, 1.165) is 44.3 Å². The van der Waals surface area contributed by atoms with E-state index in [0.29, 0.717) is 12.2 Å². The number of ether oxygens (including phenoxy) is 1. The van der Waals surface area contributed by atoms with Gasteiger partial charge in [-0.2, -0.15) is 5.10 Å². The zero-order valence-corrected chi connectivity index (χ0v) is 18.0. The average Bonchev–Trinajstić information content (AvgIpc) is 2.87. The van der Waals surface area contributed by atoms with E-state index in [-0.39, 0.29) is 16.6 Å². The second-order valence-corrected chi connectivity index (χ2v) is 8.04. The van der Waals surface area contributed by atoms with Crippen LogP contribution in [0.2, 0.25) is 5.15 Å². The molecule has 0 radical (unpaired) electrons. The lowest BCUT2D eigenvalue weighted by Crippen LogP contribution is -2.40. The van der Waals surface area contributed by atoms with Crippen molar-refractivity contribution in [2.75, 3.05) is 13.1 Å². The zero-order valence-electron chi connectivity index (χ0n) is 17.3. The minimum Gasteiger partial charge on any atom is -0.449 e. The van der Waals surface area contributed by atoms with E-state index in [4.69, 9.17) is 16.3 Å². The van der Waals surface area contributed by atoms with Crippen LogP contribution in [0.4, 0.5) is 0 Å². The van der Waals surface area contributed by atoms with E-state index in [1.807, 2.05) is 31.2 Å². The highest BCUT2D eigenvalue weighted by Crippen LogP contribution is 2.23. The molecule has 2 heterocycles. The first-order valence-electron chi connectivity index (χ1n) is 10.1. The Labute approximate surface area is 176 Å². The van der Waals surface area contributed by atoms with E-state index < -0.39 is 12.1 Å². The van der Waals surface area contributed by atoms with Crippen LogP contribution in [0.3, 0.4) is 0 Å². The molecule has 1 amide bonds. The molecule has 1 aromatic heterocycles. The largest absolute Gasteiger partial charge is 0.449 e. The maximum absolute atomic E-state index is 12.7. The molecule has 0 spiro atoms. The number of carbonyl (C=O) groups is 2. The lowest BCUT2D eigenvalue weighted by Gasteiger charge is -2.24. The summed E-state index contributed by atoms with van der Waals surface area (Å²) in [5.41, 5.74) is 2.91. The van der Waals surface area contributed by atoms with Gasteiger partial charge in [-0.05, 0) is 39.2 Å². The standard InChI is InChI=1S/C22H28ClN3O3/c1-15-8-10-18(11-9-15)14-26-20(23)19(16(2)24-26)22(28)29-17(3)21(27)25-12-6-4-5-7-13-25/h8-11,17H,4-7,12-14H2,1-3H3. The predicted molar refractivity (Wildman–Crippen MR) is 112 cm³/mol. The normalized spacial score (nSPS) is 15.7. The smallest absolute Gasteiger partial charge is 0.343 e. The number of carbonyl (C=O) groups excluding carboxylic acids is 2. The van der Waals surface area contributed by atoms with Crippen LogP contribution in [-0.2, 0) is 16.1 Å². The summed E-state index contributed by atoms with van der Waals surface area (Å²) in [6.45, 7) is 7.25. The number of amides is 1. The van der Waals surface area contributed by atoms with Crippen molar-refractivity contribution in [1.29, 1.82) is 0 Å². The fourth-order valence-corrected chi connectivity index (χ4v) is 3.89. The molecule has 1 unspecified atom stereocenters. The van der Waals surface area contributed by atoms with Crippen molar-refractivity contribution < 1.29 is 14.3 Å². The van der Waals surface area contributed by atoms with Gasteiger partial charge in [-0.25, -0.2) is 9.48 Å². The summed E-state index contributed by atoms with van der Waals surface area (Å²) >= 11 is 6.44. The maximum atomic E-state index is 12.7. The third-order valence-corrected chi connectivity index (χ3v) is 5.66. The summed E-state index contributed by atoms with van der Waals surface area (Å²) in [5, 5.41) is 4.62. The number of esters is 1. The fourth-order valence-electron chi connectivity index (χ4n) is 3.57. The first-order valence-corrected chi connectivity index (χ1v) is 10.5. The SMILES string of the molecule is Cc1ccc(Cn2nc(C)c(C(=O)OC(C)C(=O)N3CCCCCC3)c2Cl)cc1. The summed E-state index contributed by atoms with van der Waals surface area (Å²) in [6, 6.07) is 8.04. The number of hydrogen-bond donors (Lipinski definition) is 0. The van der Waals surface area contributed by atoms with Gasteiger partial charge >= 0.3 is 5.97 Å². The Balaban J connectivity index is 1.69. The zero-order chi connectivity index (χ0) is 21.0. The van der Waals surface area contributed by atoms with Gasteiger partial charge in [-0.3, -0.25) is 4.79 Å². The van der Waals surface area contributed by atoms with Crippen molar-refractivity contribution in [1.82, 2.24) is 14.7 Å². The molecule has 0 aliphatic carbocycles. The minimum atomic E-state index is -0.850. The Hall–Kier alpha value is -2.34. The van der Waals surface area contributed by atoms with Crippen LogP contribution < -0.4 is 0 Å². The van der Waals surface area contributed by atoms with Crippen LogP contribution >= 0.6 is 11.6 Å². The second kappa shape index (κ2) is 9.44. The number of nitrogens with zero attached hydrogens (tertiary/aromatic N) is 3. The van der Waals surface area contributed by atoms with Gasteiger partial charge in [-0.15, -0.1) is 0 Å². The third-order valence-electron chi connectivity index (χ3n) is 5.27. The summed E-state index contributed by atoms with van der Waals surface area (Å²) in [5.74, 6) is -0.764. The monoisotopic (exact) mass is 417 g/mol. The van der Waals surface area contributed by atoms with Gasteiger partial charge < -0.3 is 9.64 Å². The average molecular weight is 418 g/mol. The van der Waals surface area contributed by atoms with Gasteiger partial charge in [0.15, 0.2) is 6.10 Å². The van der Waals surface area contributed by atoms with Crippen LogP contribution in [0.5, 0.6) is 0 Å². The van der Waals surface area contributed by atoms with Crippen LogP contribution in [0.25, 0.3) is 0 Å². The molecular weight excluding hydrogens is 390 g/mol. The molecule has 1 aromatic carbocycles. The Morgan fingerprint density at radius 3 is 2.34 bits per heavy atom. The Morgan fingerprint density at radius 2 is 1.72 bits per heavy atom. The molecule has 1 aliphatic rings. The number of hydrogen-bond acceptors (Lipinski definition) is 4. The summed E-state index contributed by atoms with van der Waals surface area (Å²) < 4.78 is 7.05. The number of benzene rings is 1. The molecule has 1 saturated heterocycles. The first-order chi connectivity index (χ1) is 13.9. The van der Waals surface area contributed by atoms with Gasteiger partial charge in [0.05, 0.1) is 12.2 Å². The van der Waals surface area contributed by atoms with Gasteiger partial charge in [-0.1, -0.05) is 54.3 Å². The quantitative estimate of drug-likeness (QED) is 0.685. The van der Waals surface area contributed by atoms with Crippen molar-refractivity contribution in [2.45, 2.75) is 59.1 Å². The van der Waals surface area contributed by atoms with Crippen molar-refractivity contribution in [3.8, 4) is 0 Å². The number of aryl methyl sites for hydroxylation is 2. The predicted octanol–water partition coefficient (Wildman–Crippen LogP) is 4.15. The van der Waals surface area contributed by atoms with E-state index >= 15 is 0 Å². The molecule has 0 saturated carbocycles. The minimum absolute atomic E-state index is 0.152. The highest BCUT2D eigenvalue weighted by molar-refractivity contribution is 6.32. The van der Waals surface area contributed by atoms with E-state index in [2.05, 4.69) is 5.10 Å². The number of aromatic nitrogens is 2. The molecule has 6 nitrogen and oxygen atoms in total.